The number of carbonyl (C=O) groups excluding carboxylic acids is 2. The van der Waals surface area contributed by atoms with Crippen LogP contribution in [0.5, 0.6) is 0 Å². The van der Waals surface area contributed by atoms with Crippen molar-refractivity contribution in [1.82, 2.24) is 15.1 Å². The zero-order valence-corrected chi connectivity index (χ0v) is 11.0. The molecule has 5 nitrogen and oxygen atoms in total. The SMILES string of the molecule is C=CCN(CCC(=O)NCCN(C)C)C(C)=O. The maximum atomic E-state index is 11.5. The van der Waals surface area contributed by atoms with Gasteiger partial charge in [-0.1, -0.05) is 6.08 Å². The van der Waals surface area contributed by atoms with Crippen molar-refractivity contribution in [3.05, 3.63) is 12.7 Å². The van der Waals surface area contributed by atoms with E-state index in [1.807, 2.05) is 19.0 Å². The van der Waals surface area contributed by atoms with Crippen molar-refractivity contribution >= 4 is 11.8 Å². The molecule has 0 fully saturated rings. The summed E-state index contributed by atoms with van der Waals surface area (Å²) in [6, 6.07) is 0. The van der Waals surface area contributed by atoms with E-state index in [1.165, 1.54) is 6.92 Å². The van der Waals surface area contributed by atoms with Gasteiger partial charge in [0.1, 0.15) is 0 Å². The van der Waals surface area contributed by atoms with Gasteiger partial charge in [0.15, 0.2) is 0 Å². The molecule has 0 aliphatic heterocycles. The van der Waals surface area contributed by atoms with E-state index in [0.29, 0.717) is 26.1 Å². The number of nitrogens with zero attached hydrogens (tertiary/aromatic N) is 2. The number of rotatable bonds is 8. The van der Waals surface area contributed by atoms with Gasteiger partial charge in [0.25, 0.3) is 0 Å². The zero-order chi connectivity index (χ0) is 13.3. The van der Waals surface area contributed by atoms with E-state index in [9.17, 15) is 9.59 Å². The van der Waals surface area contributed by atoms with Crippen molar-refractivity contribution in [3.63, 3.8) is 0 Å². The Kier molecular flexibility index (Phi) is 8.05. The third-order valence-corrected chi connectivity index (χ3v) is 2.28. The van der Waals surface area contributed by atoms with Gasteiger partial charge in [-0.3, -0.25) is 9.59 Å². The van der Waals surface area contributed by atoms with Crippen LogP contribution in [0.3, 0.4) is 0 Å². The van der Waals surface area contributed by atoms with E-state index < -0.39 is 0 Å². The van der Waals surface area contributed by atoms with Crippen LogP contribution in [0.1, 0.15) is 13.3 Å². The van der Waals surface area contributed by atoms with Crippen molar-refractivity contribution in [1.29, 1.82) is 0 Å². The molecule has 0 atom stereocenters. The van der Waals surface area contributed by atoms with E-state index in [-0.39, 0.29) is 11.8 Å². The van der Waals surface area contributed by atoms with Gasteiger partial charge < -0.3 is 15.1 Å². The van der Waals surface area contributed by atoms with E-state index in [1.54, 1.807) is 11.0 Å². The maximum Gasteiger partial charge on any atom is 0.221 e. The molecule has 0 heterocycles. The summed E-state index contributed by atoms with van der Waals surface area (Å²) in [6.07, 6.45) is 1.99. The maximum absolute atomic E-state index is 11.5. The summed E-state index contributed by atoms with van der Waals surface area (Å²) in [5.74, 6) is -0.0619. The van der Waals surface area contributed by atoms with E-state index in [2.05, 4.69) is 11.9 Å². The number of nitrogens with one attached hydrogen (secondary N) is 1. The quantitative estimate of drug-likeness (QED) is 0.613. The summed E-state index contributed by atoms with van der Waals surface area (Å²) < 4.78 is 0. The van der Waals surface area contributed by atoms with Crippen LogP contribution in [0.4, 0.5) is 0 Å². The van der Waals surface area contributed by atoms with Gasteiger partial charge in [-0.05, 0) is 14.1 Å². The predicted octanol–water partition coefficient (Wildman–Crippen LogP) is 0.0888. The minimum Gasteiger partial charge on any atom is -0.355 e. The monoisotopic (exact) mass is 241 g/mol. The highest BCUT2D eigenvalue weighted by molar-refractivity contribution is 5.78. The number of amides is 2. The largest absolute Gasteiger partial charge is 0.355 e. The fourth-order valence-corrected chi connectivity index (χ4v) is 1.28. The van der Waals surface area contributed by atoms with Crippen molar-refractivity contribution in [2.24, 2.45) is 0 Å². The fourth-order valence-electron chi connectivity index (χ4n) is 1.28. The van der Waals surface area contributed by atoms with E-state index in [0.717, 1.165) is 6.54 Å². The molecule has 1 N–H and O–H groups in total. The molecule has 17 heavy (non-hydrogen) atoms. The Bertz CT molecular complexity index is 264. The molecule has 0 aromatic heterocycles. The van der Waals surface area contributed by atoms with E-state index >= 15 is 0 Å². The zero-order valence-electron chi connectivity index (χ0n) is 11.0. The first-order chi connectivity index (χ1) is 7.97. The van der Waals surface area contributed by atoms with Gasteiger partial charge in [-0.15, -0.1) is 6.58 Å². The molecule has 0 aliphatic carbocycles. The lowest BCUT2D eigenvalue weighted by molar-refractivity contribution is -0.129. The molecule has 2 amide bonds. The summed E-state index contributed by atoms with van der Waals surface area (Å²) in [5.41, 5.74) is 0. The van der Waals surface area contributed by atoms with Crippen molar-refractivity contribution in [3.8, 4) is 0 Å². The molecule has 5 heteroatoms. The van der Waals surface area contributed by atoms with E-state index in [4.69, 9.17) is 0 Å². The lowest BCUT2D eigenvalue weighted by Crippen LogP contribution is -2.36. The summed E-state index contributed by atoms with van der Waals surface area (Å²) in [4.78, 5) is 26.2. The van der Waals surface area contributed by atoms with Crippen molar-refractivity contribution in [2.75, 3.05) is 40.3 Å². The van der Waals surface area contributed by atoms with Gasteiger partial charge in [0.05, 0.1) is 0 Å². The smallest absolute Gasteiger partial charge is 0.221 e. The van der Waals surface area contributed by atoms with Gasteiger partial charge in [-0.25, -0.2) is 0 Å². The van der Waals surface area contributed by atoms with Crippen LogP contribution in [-0.4, -0.2) is 61.9 Å². The first kappa shape index (κ1) is 15.6. The van der Waals surface area contributed by atoms with Crippen LogP contribution in [0.2, 0.25) is 0 Å². The van der Waals surface area contributed by atoms with Crippen LogP contribution >= 0.6 is 0 Å². The minimum atomic E-state index is -0.0361. The lowest BCUT2D eigenvalue weighted by atomic mass is 10.3. The lowest BCUT2D eigenvalue weighted by Gasteiger charge is -2.18. The Balaban J connectivity index is 3.80. The third-order valence-electron chi connectivity index (χ3n) is 2.28. The number of carbonyl (C=O) groups is 2. The third kappa shape index (κ3) is 8.45. The van der Waals surface area contributed by atoms with Crippen molar-refractivity contribution < 1.29 is 9.59 Å². The molecule has 0 aromatic carbocycles. The molecule has 0 saturated carbocycles. The fraction of sp³-hybridized carbons (Fsp3) is 0.667. The standard InChI is InChI=1S/C12H23N3O2/c1-5-8-15(11(2)16)9-6-12(17)13-7-10-14(3)4/h5H,1,6-10H2,2-4H3,(H,13,17). The number of likely N-dealkylation sites (N-methyl/N-ethyl adjacent to an activating group) is 1. The topological polar surface area (TPSA) is 52.7 Å². The van der Waals surface area contributed by atoms with Crippen molar-refractivity contribution in [2.45, 2.75) is 13.3 Å². The predicted molar refractivity (Wildman–Crippen MR) is 68.6 cm³/mol. The Labute approximate surface area is 103 Å². The highest BCUT2D eigenvalue weighted by Gasteiger charge is 2.09. The summed E-state index contributed by atoms with van der Waals surface area (Å²) in [5, 5.41) is 2.81. The van der Waals surface area contributed by atoms with Gasteiger partial charge in [0.2, 0.25) is 11.8 Å². The average Bonchev–Trinajstić information content (AvgIpc) is 2.23. The molecule has 0 spiro atoms. The second-order valence-electron chi connectivity index (χ2n) is 4.16. The normalized spacial score (nSPS) is 10.1. The van der Waals surface area contributed by atoms with Crippen LogP contribution in [0.15, 0.2) is 12.7 Å². The average molecular weight is 241 g/mol. The van der Waals surface area contributed by atoms with Crippen LogP contribution in [-0.2, 0) is 9.59 Å². The second kappa shape index (κ2) is 8.75. The number of hydrogen-bond acceptors (Lipinski definition) is 3. The molecule has 0 bridgehead atoms. The van der Waals surface area contributed by atoms with Crippen LogP contribution in [0.25, 0.3) is 0 Å². The first-order valence-electron chi connectivity index (χ1n) is 5.75. The highest BCUT2D eigenvalue weighted by Crippen LogP contribution is 1.93. The molecule has 0 unspecified atom stereocenters. The van der Waals surface area contributed by atoms with Gasteiger partial charge in [-0.2, -0.15) is 0 Å². The molecule has 0 saturated heterocycles. The van der Waals surface area contributed by atoms with Gasteiger partial charge >= 0.3 is 0 Å². The summed E-state index contributed by atoms with van der Waals surface area (Å²) >= 11 is 0. The molecular formula is C12H23N3O2. The number of hydrogen-bond donors (Lipinski definition) is 1. The summed E-state index contributed by atoms with van der Waals surface area (Å²) in [7, 11) is 3.90. The Morgan fingerprint density at radius 3 is 2.41 bits per heavy atom. The van der Waals surface area contributed by atoms with Crippen LogP contribution < -0.4 is 5.32 Å². The molecule has 98 valence electrons. The highest BCUT2D eigenvalue weighted by atomic mass is 16.2. The first-order valence-corrected chi connectivity index (χ1v) is 5.75. The Morgan fingerprint density at radius 2 is 1.94 bits per heavy atom. The molecule has 0 rings (SSSR count). The minimum absolute atomic E-state index is 0.0258. The van der Waals surface area contributed by atoms with Gasteiger partial charge in [0, 0.05) is 39.5 Å². The molecule has 0 radical (unpaired) electrons. The molecule has 0 aromatic rings. The second-order valence-corrected chi connectivity index (χ2v) is 4.16. The molecular weight excluding hydrogens is 218 g/mol. The molecule has 0 aliphatic rings. The van der Waals surface area contributed by atoms with Crippen LogP contribution in [0, 0.1) is 0 Å². The Hall–Kier alpha value is -1.36. The summed E-state index contributed by atoms with van der Waals surface area (Å²) in [6.45, 7) is 7.45. The Morgan fingerprint density at radius 1 is 1.29 bits per heavy atom.